The van der Waals surface area contributed by atoms with Crippen LogP contribution in [0.15, 0.2) is 41.1 Å². The first kappa shape index (κ1) is 19.1. The number of aromatic nitrogens is 5. The Hall–Kier alpha value is -2.20. The van der Waals surface area contributed by atoms with Crippen LogP contribution in [0.4, 0.5) is 5.13 Å². The van der Waals surface area contributed by atoms with Crippen molar-refractivity contribution >= 4 is 68.4 Å². The first-order valence-corrected chi connectivity index (χ1v) is 10.6. The number of amides is 1. The highest BCUT2D eigenvalue weighted by molar-refractivity contribution is 8.00. The van der Waals surface area contributed by atoms with Crippen LogP contribution in [-0.2, 0) is 11.8 Å². The van der Waals surface area contributed by atoms with Gasteiger partial charge in [-0.1, -0.05) is 41.0 Å². The van der Waals surface area contributed by atoms with Gasteiger partial charge in [-0.3, -0.25) is 9.48 Å². The van der Waals surface area contributed by atoms with Crippen LogP contribution in [0.3, 0.4) is 0 Å². The Bertz CT molecular complexity index is 1180. The summed E-state index contributed by atoms with van der Waals surface area (Å²) in [5.41, 5.74) is 2.28. The summed E-state index contributed by atoms with van der Waals surface area (Å²) in [5, 5.41) is 11.8. The quantitative estimate of drug-likeness (QED) is 0.355. The van der Waals surface area contributed by atoms with E-state index in [1.165, 1.54) is 29.4 Å². The van der Waals surface area contributed by atoms with Crippen LogP contribution in [0.25, 0.3) is 22.3 Å². The summed E-state index contributed by atoms with van der Waals surface area (Å²) in [7, 11) is 1.81. The lowest BCUT2D eigenvalue weighted by molar-refractivity contribution is -0.113. The summed E-state index contributed by atoms with van der Waals surface area (Å²) < 4.78 is 1.67. The molecule has 142 valence electrons. The van der Waals surface area contributed by atoms with Crippen LogP contribution >= 0.6 is 46.3 Å². The number of nitrogens with zero attached hydrogens (tertiary/aromatic N) is 5. The number of halogens is 2. The van der Waals surface area contributed by atoms with Gasteiger partial charge in [0, 0.05) is 18.0 Å². The normalized spacial score (nSPS) is 11.1. The summed E-state index contributed by atoms with van der Waals surface area (Å²) in [5.74, 6) is 0.0265. The van der Waals surface area contributed by atoms with Gasteiger partial charge in [0.1, 0.15) is 11.4 Å². The van der Waals surface area contributed by atoms with Gasteiger partial charge in [0.25, 0.3) is 0 Å². The third kappa shape index (κ3) is 3.97. The highest BCUT2D eigenvalue weighted by Crippen LogP contribution is 2.30. The second-order valence-electron chi connectivity index (χ2n) is 5.69. The molecular weight excluding hydrogens is 439 g/mol. The molecule has 1 amide bonds. The molecule has 4 aromatic rings. The minimum atomic E-state index is -0.171. The standard InChI is InChI=1S/C17H12Cl2N6OS2/c1-25-15-10(5-22-25)16(21-8-20-15)27-7-14(26)24-17-23-13(6-28-17)9-2-3-11(18)12(19)4-9/h2-6,8H,7H2,1H3,(H,23,24,26). The number of rotatable bonds is 5. The van der Waals surface area contributed by atoms with Crippen molar-refractivity contribution < 1.29 is 4.79 Å². The Morgan fingerprint density at radius 1 is 1.29 bits per heavy atom. The Labute approximate surface area is 178 Å². The minimum Gasteiger partial charge on any atom is -0.301 e. The first-order valence-electron chi connectivity index (χ1n) is 7.97. The Morgan fingerprint density at radius 3 is 2.96 bits per heavy atom. The number of thiazole rings is 1. The first-order chi connectivity index (χ1) is 13.5. The van der Waals surface area contributed by atoms with Crippen molar-refractivity contribution in [1.82, 2.24) is 24.7 Å². The van der Waals surface area contributed by atoms with Crippen LogP contribution in [-0.4, -0.2) is 36.4 Å². The fourth-order valence-corrected chi connectivity index (χ4v) is 4.26. The van der Waals surface area contributed by atoms with Gasteiger partial charge in [0.15, 0.2) is 10.8 Å². The molecule has 0 saturated heterocycles. The number of hydrogen-bond acceptors (Lipinski definition) is 7. The van der Waals surface area contributed by atoms with E-state index in [0.29, 0.717) is 20.2 Å². The second kappa shape index (κ2) is 8.04. The van der Waals surface area contributed by atoms with E-state index < -0.39 is 0 Å². The zero-order valence-corrected chi connectivity index (χ0v) is 17.5. The van der Waals surface area contributed by atoms with Crippen molar-refractivity contribution in [3.63, 3.8) is 0 Å². The average molecular weight is 451 g/mol. The van der Waals surface area contributed by atoms with Gasteiger partial charge in [0.05, 0.1) is 33.1 Å². The van der Waals surface area contributed by atoms with E-state index >= 15 is 0 Å². The minimum absolute atomic E-state index is 0.171. The number of carbonyl (C=O) groups is 1. The van der Waals surface area contributed by atoms with Crippen LogP contribution < -0.4 is 5.32 Å². The smallest absolute Gasteiger partial charge is 0.236 e. The van der Waals surface area contributed by atoms with Crippen molar-refractivity contribution in [1.29, 1.82) is 0 Å². The molecule has 0 aliphatic rings. The lowest BCUT2D eigenvalue weighted by Gasteiger charge is -2.03. The predicted octanol–water partition coefficient (Wildman–Crippen LogP) is 4.52. The third-order valence-electron chi connectivity index (χ3n) is 3.80. The molecule has 0 aliphatic carbocycles. The Kier molecular flexibility index (Phi) is 5.49. The number of hydrogen-bond donors (Lipinski definition) is 1. The highest BCUT2D eigenvalue weighted by atomic mass is 35.5. The van der Waals surface area contributed by atoms with Crippen LogP contribution in [0.5, 0.6) is 0 Å². The van der Waals surface area contributed by atoms with Crippen LogP contribution in [0.2, 0.25) is 10.0 Å². The lowest BCUT2D eigenvalue weighted by Crippen LogP contribution is -2.14. The summed E-state index contributed by atoms with van der Waals surface area (Å²) in [6, 6.07) is 5.29. The molecule has 0 bridgehead atoms. The maximum Gasteiger partial charge on any atom is 0.236 e. The zero-order valence-electron chi connectivity index (χ0n) is 14.4. The Morgan fingerprint density at radius 2 is 2.14 bits per heavy atom. The van der Waals surface area contributed by atoms with Crippen LogP contribution in [0.1, 0.15) is 0 Å². The largest absolute Gasteiger partial charge is 0.301 e. The summed E-state index contributed by atoms with van der Waals surface area (Å²) in [4.78, 5) is 25.2. The Balaban J connectivity index is 1.41. The van der Waals surface area contributed by atoms with Crippen molar-refractivity contribution in [2.45, 2.75) is 5.03 Å². The van der Waals surface area contributed by atoms with Gasteiger partial charge >= 0.3 is 0 Å². The number of benzene rings is 1. The fraction of sp³-hybridized carbons (Fsp3) is 0.118. The molecule has 0 radical (unpaired) electrons. The maximum absolute atomic E-state index is 12.3. The van der Waals surface area contributed by atoms with Crippen molar-refractivity contribution in [2.24, 2.45) is 7.05 Å². The average Bonchev–Trinajstić information content (AvgIpc) is 3.30. The van der Waals surface area contributed by atoms with Gasteiger partial charge in [-0.2, -0.15) is 5.10 Å². The number of fused-ring (bicyclic) bond motifs is 1. The molecule has 0 aliphatic heterocycles. The fourth-order valence-electron chi connectivity index (χ4n) is 2.46. The van der Waals surface area contributed by atoms with E-state index in [2.05, 4.69) is 25.4 Å². The molecule has 1 aromatic carbocycles. The molecule has 1 N–H and O–H groups in total. The number of thioether (sulfide) groups is 1. The summed E-state index contributed by atoms with van der Waals surface area (Å²) >= 11 is 14.7. The molecule has 11 heteroatoms. The molecule has 28 heavy (non-hydrogen) atoms. The monoisotopic (exact) mass is 450 g/mol. The number of anilines is 1. The van der Waals surface area contributed by atoms with E-state index in [0.717, 1.165) is 22.3 Å². The molecule has 0 saturated carbocycles. The van der Waals surface area contributed by atoms with E-state index in [1.807, 2.05) is 18.5 Å². The van der Waals surface area contributed by atoms with E-state index in [4.69, 9.17) is 23.2 Å². The third-order valence-corrected chi connectivity index (χ3v) is 6.30. The van der Waals surface area contributed by atoms with Gasteiger partial charge in [-0.25, -0.2) is 15.0 Å². The SMILES string of the molecule is Cn1ncc2c(SCC(=O)Nc3nc(-c4ccc(Cl)c(Cl)c4)cs3)ncnc21. The maximum atomic E-state index is 12.3. The summed E-state index contributed by atoms with van der Waals surface area (Å²) in [6.45, 7) is 0. The van der Waals surface area contributed by atoms with E-state index in [1.54, 1.807) is 23.0 Å². The highest BCUT2D eigenvalue weighted by Gasteiger charge is 2.13. The predicted molar refractivity (Wildman–Crippen MR) is 113 cm³/mol. The second-order valence-corrected chi connectivity index (χ2v) is 8.32. The van der Waals surface area contributed by atoms with Gasteiger partial charge in [0.2, 0.25) is 5.91 Å². The molecule has 0 spiro atoms. The lowest BCUT2D eigenvalue weighted by atomic mass is 10.2. The molecule has 3 heterocycles. The van der Waals surface area contributed by atoms with Gasteiger partial charge < -0.3 is 5.32 Å². The summed E-state index contributed by atoms with van der Waals surface area (Å²) in [6.07, 6.45) is 3.16. The van der Waals surface area contributed by atoms with Crippen molar-refractivity contribution in [3.8, 4) is 11.3 Å². The number of aryl methyl sites for hydroxylation is 1. The van der Waals surface area contributed by atoms with Gasteiger partial charge in [-0.05, 0) is 12.1 Å². The van der Waals surface area contributed by atoms with Crippen molar-refractivity contribution in [2.75, 3.05) is 11.1 Å². The van der Waals surface area contributed by atoms with Gasteiger partial charge in [-0.15, -0.1) is 11.3 Å². The molecule has 3 aromatic heterocycles. The zero-order chi connectivity index (χ0) is 19.7. The molecule has 0 atom stereocenters. The van der Waals surface area contributed by atoms with E-state index in [9.17, 15) is 4.79 Å². The molecule has 0 fully saturated rings. The van der Waals surface area contributed by atoms with Crippen molar-refractivity contribution in [3.05, 3.63) is 46.1 Å². The molecule has 7 nitrogen and oxygen atoms in total. The van der Waals surface area contributed by atoms with Crippen LogP contribution in [0, 0.1) is 0 Å². The number of carbonyl (C=O) groups excluding carboxylic acids is 1. The molecular formula is C17H12Cl2N6OS2. The number of nitrogens with one attached hydrogen (secondary N) is 1. The van der Waals surface area contributed by atoms with E-state index in [-0.39, 0.29) is 11.7 Å². The molecule has 4 rings (SSSR count). The molecule has 0 unspecified atom stereocenters. The topological polar surface area (TPSA) is 85.6 Å².